The van der Waals surface area contributed by atoms with Crippen LogP contribution in [0.1, 0.15) is 6.92 Å². The second kappa shape index (κ2) is 6.95. The first-order valence-electron chi connectivity index (χ1n) is 7.33. The van der Waals surface area contributed by atoms with Crippen molar-refractivity contribution < 1.29 is 19.0 Å². The number of hydrogen-bond acceptors (Lipinski definition) is 7. The summed E-state index contributed by atoms with van der Waals surface area (Å²) in [6.07, 6.45) is 3.10. The van der Waals surface area contributed by atoms with Crippen molar-refractivity contribution in [3.8, 4) is 22.9 Å². The van der Waals surface area contributed by atoms with Crippen molar-refractivity contribution >= 4 is 17.1 Å². The van der Waals surface area contributed by atoms with Crippen LogP contribution in [0, 0.1) is 0 Å². The number of ether oxygens (including phenoxy) is 3. The first kappa shape index (κ1) is 15.7. The molecule has 0 unspecified atom stereocenters. The predicted molar refractivity (Wildman–Crippen MR) is 85.8 cm³/mol. The zero-order valence-corrected chi connectivity index (χ0v) is 13.3. The van der Waals surface area contributed by atoms with Gasteiger partial charge < -0.3 is 19.2 Å². The zero-order valence-electron chi connectivity index (χ0n) is 13.3. The van der Waals surface area contributed by atoms with Gasteiger partial charge in [0.1, 0.15) is 29.2 Å². The van der Waals surface area contributed by atoms with Gasteiger partial charge in [0.05, 0.1) is 25.5 Å². The summed E-state index contributed by atoms with van der Waals surface area (Å²) in [6.45, 7) is 2.20. The molecule has 0 spiro atoms. The summed E-state index contributed by atoms with van der Waals surface area (Å²) in [4.78, 5) is 26.8. The number of H-pyrrole nitrogens is 1. The number of aromatic nitrogens is 4. The fraction of sp³-hybridized carbons (Fsp3) is 0.250. The smallest absolute Gasteiger partial charge is 0.343 e. The molecule has 0 fully saturated rings. The Morgan fingerprint density at radius 3 is 2.92 bits per heavy atom. The van der Waals surface area contributed by atoms with E-state index in [2.05, 4.69) is 24.7 Å². The van der Waals surface area contributed by atoms with Crippen LogP contribution in [0.25, 0.3) is 22.6 Å². The molecule has 24 heavy (non-hydrogen) atoms. The summed E-state index contributed by atoms with van der Waals surface area (Å²) in [6, 6.07) is 5.25. The van der Waals surface area contributed by atoms with Gasteiger partial charge in [-0.3, -0.25) is 0 Å². The van der Waals surface area contributed by atoms with Crippen LogP contribution in [-0.2, 0) is 9.53 Å². The summed E-state index contributed by atoms with van der Waals surface area (Å²) in [5.74, 6) is 1.26. The lowest BCUT2D eigenvalue weighted by atomic mass is 10.2. The zero-order chi connectivity index (χ0) is 16.9. The second-order valence-corrected chi connectivity index (χ2v) is 4.80. The summed E-state index contributed by atoms with van der Waals surface area (Å²) >= 11 is 0. The molecule has 0 aliphatic carbocycles. The molecule has 0 saturated carbocycles. The standard InChI is InChI=1S/C16H16N4O4/c1-3-23-13-6-10(24-8-14(21)22-2)4-5-11(13)15-19-12-7-17-9-18-16(12)20-15/h4-7,9H,3,8H2,1-2H3,(H,17,18,19,20). The largest absolute Gasteiger partial charge is 0.493 e. The number of nitrogens with one attached hydrogen (secondary N) is 1. The van der Waals surface area contributed by atoms with Gasteiger partial charge in [0.15, 0.2) is 12.3 Å². The maximum atomic E-state index is 11.2. The van der Waals surface area contributed by atoms with Crippen LogP contribution in [0.5, 0.6) is 11.5 Å². The van der Waals surface area contributed by atoms with E-state index in [-0.39, 0.29) is 6.61 Å². The van der Waals surface area contributed by atoms with E-state index >= 15 is 0 Å². The lowest BCUT2D eigenvalue weighted by molar-refractivity contribution is -0.142. The molecule has 8 heteroatoms. The van der Waals surface area contributed by atoms with Crippen LogP contribution >= 0.6 is 0 Å². The Hall–Kier alpha value is -3.16. The average Bonchev–Trinajstić information content (AvgIpc) is 3.04. The number of fused-ring (bicyclic) bond motifs is 1. The minimum atomic E-state index is -0.451. The van der Waals surface area contributed by atoms with Gasteiger partial charge in [-0.05, 0) is 19.1 Å². The van der Waals surface area contributed by atoms with Gasteiger partial charge in [-0.2, -0.15) is 0 Å². The molecule has 1 aromatic carbocycles. The molecule has 2 aromatic heterocycles. The fourth-order valence-electron chi connectivity index (χ4n) is 2.15. The Kier molecular flexibility index (Phi) is 4.55. The summed E-state index contributed by atoms with van der Waals surface area (Å²) in [5.41, 5.74) is 2.08. The van der Waals surface area contributed by atoms with Gasteiger partial charge in [-0.1, -0.05) is 0 Å². The number of rotatable bonds is 6. The molecule has 0 bridgehead atoms. The molecule has 0 aliphatic rings. The molecule has 0 saturated heterocycles. The lowest BCUT2D eigenvalue weighted by Gasteiger charge is -2.11. The molecular weight excluding hydrogens is 312 g/mol. The number of carbonyl (C=O) groups excluding carboxylic acids is 1. The average molecular weight is 328 g/mol. The van der Waals surface area contributed by atoms with Crippen LogP contribution in [0.2, 0.25) is 0 Å². The van der Waals surface area contributed by atoms with E-state index in [1.54, 1.807) is 18.3 Å². The number of esters is 1. The van der Waals surface area contributed by atoms with Crippen molar-refractivity contribution in [1.29, 1.82) is 0 Å². The number of aromatic amines is 1. The summed E-state index contributed by atoms with van der Waals surface area (Å²) in [5, 5.41) is 0. The predicted octanol–water partition coefficient (Wildman–Crippen LogP) is 1.97. The van der Waals surface area contributed by atoms with Crippen molar-refractivity contribution in [3.05, 3.63) is 30.7 Å². The quantitative estimate of drug-likeness (QED) is 0.691. The van der Waals surface area contributed by atoms with Gasteiger partial charge in [0.2, 0.25) is 0 Å². The van der Waals surface area contributed by atoms with E-state index in [9.17, 15) is 4.79 Å². The Morgan fingerprint density at radius 2 is 2.17 bits per heavy atom. The summed E-state index contributed by atoms with van der Waals surface area (Å²) in [7, 11) is 1.31. The third-order valence-corrected chi connectivity index (χ3v) is 3.25. The number of benzene rings is 1. The normalized spacial score (nSPS) is 10.6. The van der Waals surface area contributed by atoms with Gasteiger partial charge >= 0.3 is 5.97 Å². The number of hydrogen-bond donors (Lipinski definition) is 1. The Morgan fingerprint density at radius 1 is 1.29 bits per heavy atom. The highest BCUT2D eigenvalue weighted by Crippen LogP contribution is 2.32. The highest BCUT2D eigenvalue weighted by Gasteiger charge is 2.13. The number of nitrogens with zero attached hydrogens (tertiary/aromatic N) is 3. The highest BCUT2D eigenvalue weighted by atomic mass is 16.6. The molecule has 0 amide bonds. The number of methoxy groups -OCH3 is 1. The third kappa shape index (κ3) is 3.27. The van der Waals surface area contributed by atoms with Gasteiger partial charge in [-0.15, -0.1) is 0 Å². The van der Waals surface area contributed by atoms with Crippen LogP contribution < -0.4 is 9.47 Å². The lowest BCUT2D eigenvalue weighted by Crippen LogP contribution is -2.12. The molecule has 0 aliphatic heterocycles. The van der Waals surface area contributed by atoms with Crippen molar-refractivity contribution in [3.63, 3.8) is 0 Å². The molecule has 3 aromatic rings. The molecule has 3 rings (SSSR count). The SMILES string of the molecule is CCOc1cc(OCC(=O)OC)ccc1-c1nc2ncncc2[nH]1. The first-order chi connectivity index (χ1) is 11.7. The Balaban J connectivity index is 1.93. The van der Waals surface area contributed by atoms with E-state index in [0.29, 0.717) is 29.6 Å². The highest BCUT2D eigenvalue weighted by molar-refractivity contribution is 5.77. The first-order valence-corrected chi connectivity index (χ1v) is 7.33. The molecule has 0 radical (unpaired) electrons. The van der Waals surface area contributed by atoms with Crippen molar-refractivity contribution in [2.75, 3.05) is 20.3 Å². The van der Waals surface area contributed by atoms with Gasteiger partial charge in [0, 0.05) is 6.07 Å². The van der Waals surface area contributed by atoms with Gasteiger partial charge in [0.25, 0.3) is 0 Å². The third-order valence-electron chi connectivity index (χ3n) is 3.25. The number of carbonyl (C=O) groups is 1. The second-order valence-electron chi connectivity index (χ2n) is 4.80. The molecule has 2 heterocycles. The van der Waals surface area contributed by atoms with E-state index < -0.39 is 5.97 Å². The Bertz CT molecular complexity index is 829. The Labute approximate surface area is 137 Å². The van der Waals surface area contributed by atoms with E-state index in [4.69, 9.17) is 9.47 Å². The van der Waals surface area contributed by atoms with Crippen molar-refractivity contribution in [2.45, 2.75) is 6.92 Å². The minimum Gasteiger partial charge on any atom is -0.493 e. The van der Waals surface area contributed by atoms with E-state index in [1.165, 1.54) is 13.4 Å². The van der Waals surface area contributed by atoms with Crippen LogP contribution in [0.3, 0.4) is 0 Å². The fourth-order valence-corrected chi connectivity index (χ4v) is 2.15. The van der Waals surface area contributed by atoms with Crippen LogP contribution in [-0.4, -0.2) is 46.2 Å². The molecule has 0 atom stereocenters. The molecular formula is C16H16N4O4. The van der Waals surface area contributed by atoms with Crippen molar-refractivity contribution in [1.82, 2.24) is 19.9 Å². The van der Waals surface area contributed by atoms with Crippen LogP contribution in [0.4, 0.5) is 0 Å². The molecule has 8 nitrogen and oxygen atoms in total. The topological polar surface area (TPSA) is 99.2 Å². The maximum absolute atomic E-state index is 11.2. The van der Waals surface area contributed by atoms with Gasteiger partial charge in [-0.25, -0.2) is 19.7 Å². The number of imidazole rings is 1. The van der Waals surface area contributed by atoms with Crippen LogP contribution in [0.15, 0.2) is 30.7 Å². The van der Waals surface area contributed by atoms with E-state index in [1.807, 2.05) is 13.0 Å². The van der Waals surface area contributed by atoms with E-state index in [0.717, 1.165) is 11.1 Å². The molecule has 1 N–H and O–H groups in total. The molecule has 124 valence electrons. The monoisotopic (exact) mass is 328 g/mol. The minimum absolute atomic E-state index is 0.165. The summed E-state index contributed by atoms with van der Waals surface area (Å²) < 4.78 is 15.6. The van der Waals surface area contributed by atoms with Crippen molar-refractivity contribution in [2.24, 2.45) is 0 Å². The maximum Gasteiger partial charge on any atom is 0.343 e.